The van der Waals surface area contributed by atoms with Crippen molar-refractivity contribution in [1.82, 2.24) is 0 Å². The second-order valence-corrected chi connectivity index (χ2v) is 27.6. The van der Waals surface area contributed by atoms with E-state index in [2.05, 4.69) is 62.3 Å². The van der Waals surface area contributed by atoms with Crippen LogP contribution >= 0.6 is 8.60 Å². The molecule has 3 rings (SSSR count). The molecule has 0 fully saturated rings. The number of hydrogen-bond donors (Lipinski definition) is 6. The van der Waals surface area contributed by atoms with Gasteiger partial charge in [-0.3, -0.25) is 0 Å². The molecule has 52 heavy (non-hydrogen) atoms. The Kier molecular flexibility index (Phi) is 26.4. The number of phenols is 3. The van der Waals surface area contributed by atoms with Crippen LogP contribution in [0.1, 0.15) is 79.0 Å². The number of aromatic hydroxyl groups is 3. The molecule has 0 unspecified atom stereocenters. The van der Waals surface area contributed by atoms with Gasteiger partial charge in [0.25, 0.3) is 0 Å². The summed E-state index contributed by atoms with van der Waals surface area (Å²) in [5.74, 6) is 1.02. The highest BCUT2D eigenvalue weighted by atomic mass is 31.2. The zero-order valence-electron chi connectivity index (χ0n) is 33.3. The highest BCUT2D eigenvalue weighted by Crippen LogP contribution is 2.28. The molecule has 0 aromatic heterocycles. The van der Waals surface area contributed by atoms with Crippen molar-refractivity contribution in [1.29, 1.82) is 0 Å². The molecule has 0 saturated carbocycles. The summed E-state index contributed by atoms with van der Waals surface area (Å²) in [4.78, 5) is 21.7. The van der Waals surface area contributed by atoms with Crippen molar-refractivity contribution < 1.29 is 43.3 Å². The molecule has 9 nitrogen and oxygen atoms in total. The summed E-state index contributed by atoms with van der Waals surface area (Å²) in [6, 6.07) is 32.6. The van der Waals surface area contributed by atoms with Gasteiger partial charge in [0.1, 0.15) is 17.2 Å². The Bertz CT molecular complexity index is 1150. The second kappa shape index (κ2) is 27.5. The minimum absolute atomic E-state index is 0.341. The van der Waals surface area contributed by atoms with Crippen LogP contribution in [0.4, 0.5) is 0 Å². The lowest BCUT2D eigenvalue weighted by atomic mass is 10.2. The van der Waals surface area contributed by atoms with Gasteiger partial charge in [-0.05, 0) is 72.6 Å². The average Bonchev–Trinajstić information content (AvgIpc) is 3.16. The number of hydrogen-bond acceptors (Lipinski definition) is 9. The molecule has 0 spiro atoms. The third-order valence-electron chi connectivity index (χ3n) is 10.4. The lowest BCUT2D eigenvalue weighted by molar-refractivity contribution is 0.281. The number of para-hydroxylation sites is 3. The number of phenolic OH excluding ortho intramolecular Hbond substituents is 3. The molecule has 0 atom stereocenters. The topological polar surface area (TPSA) is 149 Å². The molecule has 6 N–H and O–H groups in total. The first-order valence-corrected chi connectivity index (χ1v) is 27.6. The maximum Gasteiger partial charge on any atom is 0.324 e. The SMILES string of the molecule is CC[Si](CC)(CC)OCc1ccccc1O.CC[Si](CC)(CC)OCc1ccccc1O.CC[Si](CC)(CC)OCc1ccccc1O.OP(O)O. The van der Waals surface area contributed by atoms with Crippen molar-refractivity contribution in [3.8, 4) is 17.2 Å². The molecule has 0 radical (unpaired) electrons. The van der Waals surface area contributed by atoms with E-state index in [1.54, 1.807) is 18.2 Å². The Morgan fingerprint density at radius 2 is 0.558 bits per heavy atom. The van der Waals surface area contributed by atoms with Gasteiger partial charge in [-0.25, -0.2) is 0 Å². The van der Waals surface area contributed by atoms with E-state index < -0.39 is 33.6 Å². The molecule has 0 bridgehead atoms. The highest BCUT2D eigenvalue weighted by molar-refractivity contribution is 7.38. The molecule has 0 saturated heterocycles. The molecule has 3 aromatic carbocycles. The molecule has 296 valence electrons. The normalized spacial score (nSPS) is 11.5. The van der Waals surface area contributed by atoms with Crippen molar-refractivity contribution in [2.45, 2.75) is 137 Å². The summed E-state index contributed by atoms with van der Waals surface area (Å²) >= 11 is 0. The van der Waals surface area contributed by atoms with E-state index in [-0.39, 0.29) is 0 Å². The fourth-order valence-electron chi connectivity index (χ4n) is 5.76. The van der Waals surface area contributed by atoms with E-state index in [0.29, 0.717) is 37.1 Å². The molecule has 0 heterocycles. The summed E-state index contributed by atoms with van der Waals surface area (Å²) in [7, 11) is -7.22. The molecule has 0 aliphatic rings. The van der Waals surface area contributed by atoms with Gasteiger partial charge in [0.05, 0.1) is 19.8 Å². The van der Waals surface area contributed by atoms with Crippen molar-refractivity contribution in [2.75, 3.05) is 0 Å². The van der Waals surface area contributed by atoms with Gasteiger partial charge < -0.3 is 43.3 Å². The van der Waals surface area contributed by atoms with Gasteiger partial charge >= 0.3 is 8.60 Å². The maximum absolute atomic E-state index is 9.66. The van der Waals surface area contributed by atoms with Crippen LogP contribution in [0.2, 0.25) is 54.4 Å². The quantitative estimate of drug-likeness (QED) is 0.0546. The lowest BCUT2D eigenvalue weighted by Gasteiger charge is -2.28. The summed E-state index contributed by atoms with van der Waals surface area (Å²) in [5, 5.41) is 29.0. The monoisotopic (exact) mass is 796 g/mol. The predicted molar refractivity (Wildman–Crippen MR) is 224 cm³/mol. The van der Waals surface area contributed by atoms with Gasteiger partial charge in [0.2, 0.25) is 0 Å². The van der Waals surface area contributed by atoms with Crippen LogP contribution in [-0.2, 0) is 33.1 Å². The largest absolute Gasteiger partial charge is 0.508 e. The van der Waals surface area contributed by atoms with E-state index in [9.17, 15) is 15.3 Å². The summed E-state index contributed by atoms with van der Waals surface area (Å²) < 4.78 is 18.4. The number of benzene rings is 3. The molecular formula is C39H69O9PSi3. The molecule has 0 amide bonds. The third kappa shape index (κ3) is 18.3. The first-order chi connectivity index (χ1) is 24.7. The fraction of sp³-hybridized carbons (Fsp3) is 0.538. The minimum Gasteiger partial charge on any atom is -0.508 e. The Morgan fingerprint density at radius 3 is 0.712 bits per heavy atom. The maximum atomic E-state index is 9.66. The van der Waals surface area contributed by atoms with Crippen molar-refractivity contribution in [3.05, 3.63) is 89.5 Å². The van der Waals surface area contributed by atoms with Crippen molar-refractivity contribution in [2.24, 2.45) is 0 Å². The summed E-state index contributed by atoms with van der Waals surface area (Å²) in [5.41, 5.74) is 2.69. The van der Waals surface area contributed by atoms with Crippen LogP contribution in [0.25, 0.3) is 0 Å². The fourth-order valence-corrected chi connectivity index (χ4v) is 13.5. The Morgan fingerprint density at radius 1 is 0.385 bits per heavy atom. The average molecular weight is 797 g/mol. The van der Waals surface area contributed by atoms with Crippen LogP contribution in [0.3, 0.4) is 0 Å². The first-order valence-electron chi connectivity index (χ1n) is 18.8. The molecule has 0 aliphatic heterocycles. The summed E-state index contributed by atoms with van der Waals surface area (Å²) in [6.07, 6.45) is 0. The minimum atomic E-state index is -2.62. The van der Waals surface area contributed by atoms with Crippen LogP contribution in [0.5, 0.6) is 17.2 Å². The Hall–Kier alpha value is -2.10. The number of rotatable bonds is 18. The van der Waals surface area contributed by atoms with Crippen molar-refractivity contribution in [3.63, 3.8) is 0 Å². The van der Waals surface area contributed by atoms with E-state index in [4.69, 9.17) is 28.0 Å². The van der Waals surface area contributed by atoms with Crippen molar-refractivity contribution >= 4 is 33.6 Å². The predicted octanol–water partition coefficient (Wildman–Crippen LogP) is 10.9. The Labute approximate surface area is 319 Å². The molecule has 0 aliphatic carbocycles. The van der Waals surface area contributed by atoms with Crippen LogP contribution in [-0.4, -0.2) is 55.0 Å². The zero-order valence-corrected chi connectivity index (χ0v) is 37.2. The smallest absolute Gasteiger partial charge is 0.324 e. The van der Waals surface area contributed by atoms with Crippen LogP contribution in [0.15, 0.2) is 72.8 Å². The standard InChI is InChI=1S/3C13H22O2Si.H3O3P/c3*1-4-16(5-2,6-3)15-11-12-9-7-8-10-13(12)14;1-4(2)3/h3*7-10,14H,4-6,11H2,1-3H3;1-3H. The highest BCUT2D eigenvalue weighted by Gasteiger charge is 2.30. The Balaban J connectivity index is 0.000000712. The van der Waals surface area contributed by atoms with Gasteiger partial charge in [0.15, 0.2) is 25.0 Å². The van der Waals surface area contributed by atoms with Gasteiger partial charge in [-0.15, -0.1) is 0 Å². The van der Waals surface area contributed by atoms with E-state index in [1.807, 2.05) is 54.6 Å². The first kappa shape index (κ1) is 49.9. The van der Waals surface area contributed by atoms with Gasteiger partial charge in [-0.2, -0.15) is 0 Å². The van der Waals surface area contributed by atoms with Crippen LogP contribution < -0.4 is 0 Å². The summed E-state index contributed by atoms with van der Waals surface area (Å²) in [6.45, 7) is 21.6. The molecule has 3 aromatic rings. The molecule has 13 heteroatoms. The van der Waals surface area contributed by atoms with E-state index >= 15 is 0 Å². The van der Waals surface area contributed by atoms with Gasteiger partial charge in [0, 0.05) is 16.7 Å². The third-order valence-corrected chi connectivity index (χ3v) is 24.2. The second-order valence-electron chi connectivity index (χ2n) is 12.8. The van der Waals surface area contributed by atoms with E-state index in [1.165, 1.54) is 0 Å². The van der Waals surface area contributed by atoms with Crippen LogP contribution in [0, 0.1) is 0 Å². The van der Waals surface area contributed by atoms with Gasteiger partial charge in [-0.1, -0.05) is 117 Å². The lowest BCUT2D eigenvalue weighted by Crippen LogP contribution is -2.35. The zero-order chi connectivity index (χ0) is 39.6. The molecular weight excluding hydrogens is 728 g/mol. The van der Waals surface area contributed by atoms with E-state index in [0.717, 1.165) is 71.1 Å².